The van der Waals surface area contributed by atoms with E-state index in [2.05, 4.69) is 16.7 Å². The maximum absolute atomic E-state index is 13.5. The van der Waals surface area contributed by atoms with Crippen molar-refractivity contribution in [2.45, 2.75) is 20.3 Å². The summed E-state index contributed by atoms with van der Waals surface area (Å²) in [6, 6.07) is 16.6. The van der Waals surface area contributed by atoms with E-state index in [1.54, 1.807) is 38.1 Å². The van der Waals surface area contributed by atoms with Gasteiger partial charge < -0.3 is 10.6 Å². The second kappa shape index (κ2) is 6.66. The molecule has 148 valence electrons. The lowest BCUT2D eigenvalue weighted by Gasteiger charge is -2.28. The van der Waals surface area contributed by atoms with Gasteiger partial charge >= 0.3 is 0 Å². The molecule has 1 heterocycles. The average Bonchev–Trinajstić information content (AvgIpc) is 2.75. The quantitative estimate of drug-likeness (QED) is 0.453. The predicted molar refractivity (Wildman–Crippen MR) is 116 cm³/mol. The van der Waals surface area contributed by atoms with Crippen LogP contribution in [-0.4, -0.2) is 17.5 Å². The molecule has 5 heteroatoms. The summed E-state index contributed by atoms with van der Waals surface area (Å²) in [6.45, 7) is 3.56. The molecule has 0 fully saturated rings. The highest BCUT2D eigenvalue weighted by Crippen LogP contribution is 2.41. The topological polar surface area (TPSA) is 75.3 Å². The fourth-order valence-corrected chi connectivity index (χ4v) is 4.13. The van der Waals surface area contributed by atoms with Crippen LogP contribution in [0.2, 0.25) is 0 Å². The number of hydrogen-bond donors (Lipinski definition) is 2. The Balaban J connectivity index is 1.64. The zero-order chi connectivity index (χ0) is 21.0. The lowest BCUT2D eigenvalue weighted by atomic mass is 9.80. The molecule has 0 unspecified atom stereocenters. The number of rotatable bonds is 2. The van der Waals surface area contributed by atoms with Crippen molar-refractivity contribution in [1.82, 2.24) is 0 Å². The summed E-state index contributed by atoms with van der Waals surface area (Å²) in [5, 5.41) is 6.17. The van der Waals surface area contributed by atoms with Gasteiger partial charge in [0.05, 0.1) is 22.5 Å². The molecule has 0 radical (unpaired) electrons. The van der Waals surface area contributed by atoms with Crippen LogP contribution in [0.15, 0.2) is 54.6 Å². The van der Waals surface area contributed by atoms with E-state index in [1.165, 1.54) is 0 Å². The Morgan fingerprint density at radius 2 is 1.60 bits per heavy atom. The van der Waals surface area contributed by atoms with Gasteiger partial charge in [0.2, 0.25) is 5.91 Å². The van der Waals surface area contributed by atoms with Crippen LogP contribution in [0.25, 0.3) is 0 Å². The fraction of sp³-hybridized carbons (Fsp3) is 0.160. The van der Waals surface area contributed by atoms with Crippen molar-refractivity contribution in [2.75, 3.05) is 10.6 Å². The summed E-state index contributed by atoms with van der Waals surface area (Å²) >= 11 is 0. The molecular weight excluding hydrogens is 376 g/mol. The molecule has 3 aromatic carbocycles. The summed E-state index contributed by atoms with van der Waals surface area (Å²) in [5.41, 5.74) is 5.53. The van der Waals surface area contributed by atoms with Gasteiger partial charge in [-0.1, -0.05) is 50.2 Å². The molecule has 0 bridgehead atoms. The van der Waals surface area contributed by atoms with Crippen LogP contribution in [0.4, 0.5) is 17.1 Å². The maximum Gasteiger partial charge on any atom is 0.226 e. The molecular formula is C25H20N2O3. The first kappa shape index (κ1) is 18.3. The van der Waals surface area contributed by atoms with E-state index in [9.17, 15) is 14.4 Å². The minimum atomic E-state index is -0.247. The molecule has 1 aliphatic heterocycles. The molecule has 5 rings (SSSR count). The van der Waals surface area contributed by atoms with Crippen LogP contribution in [0.5, 0.6) is 0 Å². The van der Waals surface area contributed by atoms with Crippen molar-refractivity contribution >= 4 is 34.5 Å². The summed E-state index contributed by atoms with van der Waals surface area (Å²) < 4.78 is 0. The van der Waals surface area contributed by atoms with Gasteiger partial charge in [-0.15, -0.1) is 0 Å². The van der Waals surface area contributed by atoms with Gasteiger partial charge in [0, 0.05) is 29.2 Å². The number of nitrogens with one attached hydrogen (secondary N) is 2. The number of fused-ring (bicyclic) bond motifs is 5. The molecule has 0 saturated heterocycles. The number of carbonyl (C=O) groups is 3. The van der Waals surface area contributed by atoms with E-state index in [0.29, 0.717) is 34.5 Å². The number of benzene rings is 3. The van der Waals surface area contributed by atoms with Crippen LogP contribution >= 0.6 is 0 Å². The van der Waals surface area contributed by atoms with Crippen molar-refractivity contribution in [2.24, 2.45) is 5.92 Å². The third-order valence-electron chi connectivity index (χ3n) is 5.74. The highest BCUT2D eigenvalue weighted by atomic mass is 16.2. The van der Waals surface area contributed by atoms with Crippen LogP contribution in [0.3, 0.4) is 0 Å². The van der Waals surface area contributed by atoms with Gasteiger partial charge in [0.25, 0.3) is 0 Å². The second-order valence-electron chi connectivity index (χ2n) is 8.01. The highest BCUT2D eigenvalue weighted by Gasteiger charge is 2.35. The number of anilines is 3. The molecule has 3 aromatic rings. The second-order valence-corrected chi connectivity index (χ2v) is 8.01. The van der Waals surface area contributed by atoms with Crippen LogP contribution in [0.1, 0.15) is 56.8 Å². The lowest BCUT2D eigenvalue weighted by Crippen LogP contribution is -2.27. The third-order valence-corrected chi connectivity index (χ3v) is 5.74. The zero-order valence-electron chi connectivity index (χ0n) is 16.7. The molecule has 30 heavy (non-hydrogen) atoms. The third kappa shape index (κ3) is 2.66. The molecule has 0 aromatic heterocycles. The molecule has 1 aliphatic carbocycles. The van der Waals surface area contributed by atoms with Crippen LogP contribution in [0, 0.1) is 5.92 Å². The highest BCUT2D eigenvalue weighted by molar-refractivity contribution is 6.32. The predicted octanol–water partition coefficient (Wildman–Crippen LogP) is 4.70. The van der Waals surface area contributed by atoms with Crippen LogP contribution < -0.4 is 10.6 Å². The number of para-hydroxylation sites is 1. The molecule has 1 amide bonds. The maximum atomic E-state index is 13.5. The Morgan fingerprint density at radius 1 is 0.867 bits per heavy atom. The fourth-order valence-electron chi connectivity index (χ4n) is 4.13. The van der Waals surface area contributed by atoms with Gasteiger partial charge in [0.15, 0.2) is 11.6 Å². The van der Waals surface area contributed by atoms with E-state index in [1.807, 2.05) is 24.3 Å². The molecule has 0 atom stereocenters. The number of ketones is 2. The van der Waals surface area contributed by atoms with Gasteiger partial charge in [-0.2, -0.15) is 0 Å². The summed E-state index contributed by atoms with van der Waals surface area (Å²) in [7, 11) is 0. The van der Waals surface area contributed by atoms with Gasteiger partial charge in [0.1, 0.15) is 0 Å². The molecule has 0 spiro atoms. The van der Waals surface area contributed by atoms with Gasteiger partial charge in [-0.3, -0.25) is 14.4 Å². The van der Waals surface area contributed by atoms with Crippen molar-refractivity contribution < 1.29 is 14.4 Å². The summed E-state index contributed by atoms with van der Waals surface area (Å²) in [4.78, 5) is 39.2. The molecule has 5 nitrogen and oxygen atoms in total. The smallest absolute Gasteiger partial charge is 0.226 e. The van der Waals surface area contributed by atoms with Crippen LogP contribution in [-0.2, 0) is 11.2 Å². The van der Waals surface area contributed by atoms with E-state index < -0.39 is 0 Å². The largest absolute Gasteiger partial charge is 0.354 e. The zero-order valence-corrected chi connectivity index (χ0v) is 16.7. The van der Waals surface area contributed by atoms with Gasteiger partial charge in [-0.05, 0) is 29.3 Å². The van der Waals surface area contributed by atoms with E-state index in [0.717, 1.165) is 16.8 Å². The Kier molecular flexibility index (Phi) is 4.07. The molecule has 2 aliphatic rings. The average molecular weight is 396 g/mol. The number of carbonyl (C=O) groups excluding carboxylic acids is 3. The summed E-state index contributed by atoms with van der Waals surface area (Å²) in [5.74, 6) is -0.885. The van der Waals surface area contributed by atoms with E-state index in [-0.39, 0.29) is 29.0 Å². The number of hydrogen-bond acceptors (Lipinski definition) is 4. The van der Waals surface area contributed by atoms with E-state index >= 15 is 0 Å². The van der Waals surface area contributed by atoms with Crippen molar-refractivity contribution in [1.29, 1.82) is 0 Å². The van der Waals surface area contributed by atoms with Crippen molar-refractivity contribution in [3.8, 4) is 0 Å². The first-order chi connectivity index (χ1) is 14.5. The van der Waals surface area contributed by atoms with Gasteiger partial charge in [-0.25, -0.2) is 0 Å². The SMILES string of the molecule is CC(C)C(=O)Nc1cccc2c1C(=O)c1ccc3c(c1C2=O)Nc1ccccc1C3. The molecule has 2 N–H and O–H groups in total. The molecule has 0 saturated carbocycles. The first-order valence-electron chi connectivity index (χ1n) is 9.99. The Bertz CT molecular complexity index is 1260. The standard InChI is InChI=1S/C25H20N2O3/c1-13(2)25(30)27-19-9-5-7-16-20(19)23(28)17-11-10-15-12-14-6-3-4-8-18(14)26-22(15)21(17)24(16)29/h3-11,13,26H,12H2,1-2H3,(H,27,30). The normalized spacial score (nSPS) is 13.7. The number of amides is 1. The first-order valence-corrected chi connectivity index (χ1v) is 9.99. The Morgan fingerprint density at radius 3 is 2.40 bits per heavy atom. The Labute approximate surface area is 174 Å². The van der Waals surface area contributed by atoms with Crippen molar-refractivity contribution in [3.63, 3.8) is 0 Å². The van der Waals surface area contributed by atoms with Crippen molar-refractivity contribution in [3.05, 3.63) is 88.0 Å². The van der Waals surface area contributed by atoms with E-state index in [4.69, 9.17) is 0 Å². The Hall–Kier alpha value is -3.73. The summed E-state index contributed by atoms with van der Waals surface area (Å²) in [6.07, 6.45) is 0.699. The lowest BCUT2D eigenvalue weighted by molar-refractivity contribution is -0.118. The monoisotopic (exact) mass is 396 g/mol. The minimum absolute atomic E-state index is 0.196. The minimum Gasteiger partial charge on any atom is -0.354 e.